The fourth-order valence-electron chi connectivity index (χ4n) is 1.12. The molecule has 0 aliphatic carbocycles. The first-order valence-electron chi connectivity index (χ1n) is 4.97. The van der Waals surface area contributed by atoms with Crippen molar-refractivity contribution in [2.24, 2.45) is 5.92 Å². The molecule has 0 radical (unpaired) electrons. The van der Waals surface area contributed by atoms with Gasteiger partial charge in [-0.15, -0.1) is 0 Å². The topological polar surface area (TPSA) is 100 Å². The van der Waals surface area contributed by atoms with Crippen LogP contribution in [-0.4, -0.2) is 46.8 Å². The van der Waals surface area contributed by atoms with Gasteiger partial charge in [-0.3, -0.25) is 14.5 Å². The SMILES string of the molecule is COC(=O)C(=[N+]=[N-])C(=O)N(CC(C)C)C(C)=O. The predicted octanol–water partition coefficient (Wildman–Crippen LogP) is -0.139. The first-order chi connectivity index (χ1) is 7.84. The highest BCUT2D eigenvalue weighted by molar-refractivity contribution is 6.62. The number of nitrogens with zero attached hydrogens (tertiary/aromatic N) is 3. The summed E-state index contributed by atoms with van der Waals surface area (Å²) in [6.07, 6.45) is 0. The number of ether oxygens (including phenoxy) is 1. The van der Waals surface area contributed by atoms with Crippen LogP contribution in [-0.2, 0) is 19.1 Å². The minimum Gasteiger partial charge on any atom is -0.460 e. The van der Waals surface area contributed by atoms with E-state index in [0.29, 0.717) is 0 Å². The van der Waals surface area contributed by atoms with Crippen molar-refractivity contribution >= 4 is 23.5 Å². The number of imide groups is 1. The highest BCUT2D eigenvalue weighted by Crippen LogP contribution is 2.01. The lowest BCUT2D eigenvalue weighted by molar-refractivity contribution is -0.146. The van der Waals surface area contributed by atoms with Gasteiger partial charge in [0.05, 0.1) is 7.11 Å². The monoisotopic (exact) mass is 241 g/mol. The third-order valence-electron chi connectivity index (χ3n) is 1.85. The largest absolute Gasteiger partial charge is 0.463 e. The summed E-state index contributed by atoms with van der Waals surface area (Å²) in [7, 11) is 1.04. The van der Waals surface area contributed by atoms with E-state index in [1.807, 2.05) is 0 Å². The lowest BCUT2D eigenvalue weighted by Crippen LogP contribution is -2.45. The van der Waals surface area contributed by atoms with Crippen LogP contribution in [0.3, 0.4) is 0 Å². The fourth-order valence-corrected chi connectivity index (χ4v) is 1.12. The molecule has 0 aromatic carbocycles. The molecular formula is C10H15N3O4. The van der Waals surface area contributed by atoms with E-state index in [1.54, 1.807) is 13.8 Å². The zero-order valence-electron chi connectivity index (χ0n) is 10.3. The zero-order chi connectivity index (χ0) is 13.6. The van der Waals surface area contributed by atoms with Crippen LogP contribution in [0.1, 0.15) is 20.8 Å². The highest BCUT2D eigenvalue weighted by atomic mass is 16.5. The normalized spacial score (nSPS) is 9.47. The summed E-state index contributed by atoms with van der Waals surface area (Å²) in [5, 5.41) is 0. The number of carbonyl (C=O) groups is 3. The van der Waals surface area contributed by atoms with Crippen molar-refractivity contribution in [1.29, 1.82) is 0 Å². The first kappa shape index (κ1) is 15.0. The van der Waals surface area contributed by atoms with Crippen molar-refractivity contribution in [3.63, 3.8) is 0 Å². The van der Waals surface area contributed by atoms with Gasteiger partial charge in [-0.2, -0.15) is 4.79 Å². The van der Waals surface area contributed by atoms with Crippen LogP contribution in [0.15, 0.2) is 0 Å². The van der Waals surface area contributed by atoms with Crippen LogP contribution < -0.4 is 0 Å². The van der Waals surface area contributed by atoms with E-state index in [-0.39, 0.29) is 12.5 Å². The summed E-state index contributed by atoms with van der Waals surface area (Å²) >= 11 is 0. The molecule has 17 heavy (non-hydrogen) atoms. The second-order valence-corrected chi connectivity index (χ2v) is 3.77. The second kappa shape index (κ2) is 6.55. The molecule has 0 heterocycles. The number of carbonyl (C=O) groups excluding carboxylic acids is 3. The van der Waals surface area contributed by atoms with Gasteiger partial charge >= 0.3 is 17.6 Å². The molecule has 0 atom stereocenters. The van der Waals surface area contributed by atoms with E-state index < -0.39 is 23.5 Å². The average molecular weight is 241 g/mol. The maximum atomic E-state index is 11.8. The van der Waals surface area contributed by atoms with Crippen LogP contribution in [0.2, 0.25) is 0 Å². The Labute approximate surface area is 99.0 Å². The minimum absolute atomic E-state index is 0.0282. The van der Waals surface area contributed by atoms with Gasteiger partial charge in [0, 0.05) is 13.5 Å². The van der Waals surface area contributed by atoms with Crippen molar-refractivity contribution in [2.75, 3.05) is 13.7 Å². The van der Waals surface area contributed by atoms with E-state index in [2.05, 4.69) is 9.53 Å². The average Bonchev–Trinajstić information content (AvgIpc) is 2.25. The fraction of sp³-hybridized carbons (Fsp3) is 0.600. The van der Waals surface area contributed by atoms with Crippen LogP contribution >= 0.6 is 0 Å². The summed E-state index contributed by atoms with van der Waals surface area (Å²) in [6, 6.07) is 0. The molecule has 2 amide bonds. The van der Waals surface area contributed by atoms with Crippen LogP contribution in [0, 0.1) is 5.92 Å². The lowest BCUT2D eigenvalue weighted by Gasteiger charge is -2.18. The summed E-state index contributed by atoms with van der Waals surface area (Å²) in [5.41, 5.74) is 7.77. The van der Waals surface area contributed by atoms with Crippen LogP contribution in [0.5, 0.6) is 0 Å². The van der Waals surface area contributed by atoms with Gasteiger partial charge < -0.3 is 10.3 Å². The lowest BCUT2D eigenvalue weighted by atomic mass is 10.2. The zero-order valence-corrected chi connectivity index (χ0v) is 10.3. The summed E-state index contributed by atoms with van der Waals surface area (Å²) in [5.74, 6) is -2.57. The molecule has 0 fully saturated rings. The second-order valence-electron chi connectivity index (χ2n) is 3.77. The molecule has 94 valence electrons. The van der Waals surface area contributed by atoms with Crippen molar-refractivity contribution in [2.45, 2.75) is 20.8 Å². The van der Waals surface area contributed by atoms with Gasteiger partial charge in [-0.05, 0) is 5.92 Å². The third-order valence-corrected chi connectivity index (χ3v) is 1.85. The standard InChI is InChI=1S/C10H15N3O4/c1-6(2)5-13(7(3)14)9(15)8(12-11)10(16)17-4/h6H,5H2,1-4H3. The van der Waals surface area contributed by atoms with Gasteiger partial charge in [0.15, 0.2) is 0 Å². The molecule has 0 bridgehead atoms. The first-order valence-corrected chi connectivity index (χ1v) is 4.97. The molecule has 0 aliphatic heterocycles. The number of esters is 1. The number of hydrogen-bond donors (Lipinski definition) is 0. The smallest absolute Gasteiger partial charge is 0.460 e. The maximum Gasteiger partial charge on any atom is 0.463 e. The van der Waals surface area contributed by atoms with E-state index >= 15 is 0 Å². The summed E-state index contributed by atoms with van der Waals surface area (Å²) in [6.45, 7) is 4.92. The van der Waals surface area contributed by atoms with E-state index in [0.717, 1.165) is 12.0 Å². The Morgan fingerprint density at radius 2 is 1.88 bits per heavy atom. The Bertz CT molecular complexity index is 383. The quantitative estimate of drug-likeness (QED) is 0.225. The van der Waals surface area contributed by atoms with Crippen molar-refractivity contribution in [3.05, 3.63) is 5.53 Å². The van der Waals surface area contributed by atoms with E-state index in [1.165, 1.54) is 6.92 Å². The van der Waals surface area contributed by atoms with Crippen LogP contribution in [0.4, 0.5) is 0 Å². The molecule has 0 spiro atoms. The van der Waals surface area contributed by atoms with E-state index in [9.17, 15) is 14.4 Å². The Balaban J connectivity index is 5.14. The minimum atomic E-state index is -1.09. The van der Waals surface area contributed by atoms with Crippen molar-refractivity contribution in [3.8, 4) is 0 Å². The number of hydrogen-bond acceptors (Lipinski definition) is 4. The molecule has 0 N–H and O–H groups in total. The molecule has 0 saturated carbocycles. The molecule has 7 nitrogen and oxygen atoms in total. The molecule has 7 heteroatoms. The van der Waals surface area contributed by atoms with E-state index in [4.69, 9.17) is 5.53 Å². The summed E-state index contributed by atoms with van der Waals surface area (Å²) < 4.78 is 4.27. The highest BCUT2D eigenvalue weighted by Gasteiger charge is 2.36. The Morgan fingerprint density at radius 1 is 1.35 bits per heavy atom. The van der Waals surface area contributed by atoms with Gasteiger partial charge in [0.1, 0.15) is 0 Å². The molecule has 0 aromatic rings. The Hall–Kier alpha value is -2.01. The number of amides is 2. The molecule has 0 saturated heterocycles. The van der Waals surface area contributed by atoms with Gasteiger partial charge in [0.2, 0.25) is 5.91 Å². The summed E-state index contributed by atoms with van der Waals surface area (Å²) in [4.78, 5) is 37.6. The Kier molecular flexibility index (Phi) is 5.77. The molecule has 0 aliphatic rings. The van der Waals surface area contributed by atoms with Gasteiger partial charge in [-0.1, -0.05) is 13.8 Å². The number of methoxy groups -OCH3 is 1. The molecule has 0 unspecified atom stereocenters. The van der Waals surface area contributed by atoms with Crippen molar-refractivity contribution < 1.29 is 23.9 Å². The predicted molar refractivity (Wildman–Crippen MR) is 57.9 cm³/mol. The van der Waals surface area contributed by atoms with Crippen molar-refractivity contribution in [1.82, 2.24) is 4.90 Å². The Morgan fingerprint density at radius 3 is 2.18 bits per heavy atom. The third kappa shape index (κ3) is 4.16. The maximum absolute atomic E-state index is 11.8. The van der Waals surface area contributed by atoms with Crippen LogP contribution in [0.25, 0.3) is 5.53 Å². The molecular weight excluding hydrogens is 226 g/mol. The molecule has 0 rings (SSSR count). The molecule has 0 aromatic heterocycles. The van der Waals surface area contributed by atoms with Gasteiger partial charge in [0.25, 0.3) is 0 Å². The van der Waals surface area contributed by atoms with Gasteiger partial charge in [-0.25, -0.2) is 4.79 Å². The number of rotatable bonds is 4.